The van der Waals surface area contributed by atoms with Gasteiger partial charge in [-0.1, -0.05) is 6.07 Å². The Kier molecular flexibility index (Phi) is 3.53. The van der Waals surface area contributed by atoms with E-state index in [2.05, 4.69) is 0 Å². The van der Waals surface area contributed by atoms with Crippen LogP contribution in [0.15, 0.2) is 24.3 Å². The molecule has 0 aromatic heterocycles. The average molecular weight is 279 g/mol. The summed E-state index contributed by atoms with van der Waals surface area (Å²) in [5, 5.41) is 0. The lowest BCUT2D eigenvalue weighted by Gasteiger charge is -2.10. The van der Waals surface area contributed by atoms with Crippen molar-refractivity contribution >= 4 is 11.5 Å². The van der Waals surface area contributed by atoms with Crippen molar-refractivity contribution in [2.75, 3.05) is 5.73 Å². The van der Waals surface area contributed by atoms with Crippen LogP contribution in [0.1, 0.15) is 27.0 Å². The highest BCUT2D eigenvalue weighted by molar-refractivity contribution is 6.10. The predicted octanol–water partition coefficient (Wildman–Crippen LogP) is 3.53. The number of aryl methyl sites for hydroxylation is 2. The maximum absolute atomic E-state index is 13.6. The highest BCUT2D eigenvalue weighted by Crippen LogP contribution is 2.23. The van der Waals surface area contributed by atoms with E-state index in [0.717, 1.165) is 5.56 Å². The molecule has 0 aliphatic heterocycles. The summed E-state index contributed by atoms with van der Waals surface area (Å²) in [6, 6.07) is 4.01. The molecule has 104 valence electrons. The summed E-state index contributed by atoms with van der Waals surface area (Å²) >= 11 is 0. The summed E-state index contributed by atoms with van der Waals surface area (Å²) in [5.74, 6) is -4.44. The van der Waals surface area contributed by atoms with Crippen molar-refractivity contribution < 1.29 is 18.0 Å². The number of halogens is 3. The van der Waals surface area contributed by atoms with Crippen LogP contribution >= 0.6 is 0 Å². The number of benzene rings is 2. The molecule has 0 bridgehead atoms. The monoisotopic (exact) mass is 279 g/mol. The van der Waals surface area contributed by atoms with Crippen LogP contribution in [0.2, 0.25) is 0 Å². The number of anilines is 1. The van der Waals surface area contributed by atoms with E-state index in [1.807, 2.05) is 0 Å². The van der Waals surface area contributed by atoms with Crippen LogP contribution in [-0.2, 0) is 0 Å². The van der Waals surface area contributed by atoms with E-state index in [4.69, 9.17) is 5.73 Å². The van der Waals surface area contributed by atoms with Gasteiger partial charge in [-0.2, -0.15) is 0 Å². The Balaban J connectivity index is 2.57. The number of nitrogen functional groups attached to an aromatic ring is 1. The van der Waals surface area contributed by atoms with Crippen molar-refractivity contribution in [2.24, 2.45) is 0 Å². The number of hydrogen-bond acceptors (Lipinski definition) is 2. The first-order valence-corrected chi connectivity index (χ1v) is 5.87. The Hall–Kier alpha value is -2.30. The summed E-state index contributed by atoms with van der Waals surface area (Å²) < 4.78 is 39.7. The molecule has 2 aromatic rings. The van der Waals surface area contributed by atoms with Crippen LogP contribution in [0.4, 0.5) is 18.9 Å². The summed E-state index contributed by atoms with van der Waals surface area (Å²) in [7, 11) is 0. The molecule has 2 rings (SSSR count). The van der Waals surface area contributed by atoms with Gasteiger partial charge in [0.1, 0.15) is 5.82 Å². The fraction of sp³-hybridized carbons (Fsp3) is 0.133. The second kappa shape index (κ2) is 5.00. The van der Waals surface area contributed by atoms with Gasteiger partial charge in [-0.25, -0.2) is 13.2 Å². The van der Waals surface area contributed by atoms with Gasteiger partial charge in [0.2, 0.25) is 0 Å². The molecule has 0 heterocycles. The maximum atomic E-state index is 13.6. The Morgan fingerprint density at radius 1 is 0.850 bits per heavy atom. The first-order valence-electron chi connectivity index (χ1n) is 5.87. The zero-order valence-electron chi connectivity index (χ0n) is 10.9. The minimum absolute atomic E-state index is 0.165. The third kappa shape index (κ3) is 2.39. The Bertz CT molecular complexity index is 651. The quantitative estimate of drug-likeness (QED) is 0.519. The molecule has 2 aromatic carbocycles. The zero-order valence-corrected chi connectivity index (χ0v) is 10.9. The van der Waals surface area contributed by atoms with E-state index in [1.165, 1.54) is 6.07 Å². The molecular formula is C15H12F3NO. The zero-order chi connectivity index (χ0) is 15.0. The number of hydrogen-bond donors (Lipinski definition) is 1. The van der Waals surface area contributed by atoms with Crippen LogP contribution in [0, 0.1) is 31.3 Å². The number of rotatable bonds is 2. The van der Waals surface area contributed by atoms with Gasteiger partial charge >= 0.3 is 0 Å². The Morgan fingerprint density at radius 3 is 2.10 bits per heavy atom. The highest BCUT2D eigenvalue weighted by Gasteiger charge is 2.19. The minimum Gasteiger partial charge on any atom is -0.398 e. The molecule has 0 aliphatic rings. The molecule has 0 saturated heterocycles. The highest BCUT2D eigenvalue weighted by atomic mass is 19.2. The third-order valence-corrected chi connectivity index (χ3v) is 3.11. The lowest BCUT2D eigenvalue weighted by Crippen LogP contribution is -2.09. The Labute approximate surface area is 114 Å². The molecule has 5 heteroatoms. The van der Waals surface area contributed by atoms with Gasteiger partial charge in [-0.05, 0) is 37.1 Å². The van der Waals surface area contributed by atoms with Gasteiger partial charge in [0, 0.05) is 17.3 Å². The van der Waals surface area contributed by atoms with E-state index in [0.29, 0.717) is 23.4 Å². The molecule has 0 fully saturated rings. The van der Waals surface area contributed by atoms with Crippen molar-refractivity contribution in [3.63, 3.8) is 0 Å². The van der Waals surface area contributed by atoms with Crippen molar-refractivity contribution in [1.29, 1.82) is 0 Å². The standard InChI is InChI=1S/C15H12F3NO/c1-7-3-8(2)14(19)5-9(7)15(20)10-4-12(17)13(18)6-11(10)16/h3-6H,19H2,1-2H3. The molecule has 0 spiro atoms. The van der Waals surface area contributed by atoms with Crippen LogP contribution in [-0.4, -0.2) is 5.78 Å². The lowest BCUT2D eigenvalue weighted by molar-refractivity contribution is 0.103. The third-order valence-electron chi connectivity index (χ3n) is 3.11. The first-order chi connectivity index (χ1) is 9.31. The number of carbonyl (C=O) groups is 1. The minimum atomic E-state index is -1.33. The van der Waals surface area contributed by atoms with E-state index in [9.17, 15) is 18.0 Å². The molecule has 0 unspecified atom stereocenters. The average Bonchev–Trinajstić information content (AvgIpc) is 2.37. The van der Waals surface area contributed by atoms with Crippen molar-refractivity contribution in [1.82, 2.24) is 0 Å². The second-order valence-corrected chi connectivity index (χ2v) is 4.60. The smallest absolute Gasteiger partial charge is 0.196 e. The van der Waals surface area contributed by atoms with E-state index >= 15 is 0 Å². The molecule has 20 heavy (non-hydrogen) atoms. The van der Waals surface area contributed by atoms with Crippen molar-refractivity contribution in [3.05, 3.63) is 64.0 Å². The molecule has 0 radical (unpaired) electrons. The lowest BCUT2D eigenvalue weighted by atomic mass is 9.96. The van der Waals surface area contributed by atoms with Crippen LogP contribution < -0.4 is 5.73 Å². The van der Waals surface area contributed by atoms with Gasteiger partial charge in [0.05, 0.1) is 5.56 Å². The number of nitrogens with two attached hydrogens (primary N) is 1. The van der Waals surface area contributed by atoms with Crippen LogP contribution in [0.5, 0.6) is 0 Å². The van der Waals surface area contributed by atoms with E-state index in [1.54, 1.807) is 19.9 Å². The SMILES string of the molecule is Cc1cc(C)c(C(=O)c2cc(F)c(F)cc2F)cc1N. The molecule has 2 N–H and O–H groups in total. The summed E-state index contributed by atoms with van der Waals surface area (Å²) in [6.07, 6.45) is 0. The summed E-state index contributed by atoms with van der Waals surface area (Å²) in [4.78, 5) is 12.2. The molecule has 0 saturated carbocycles. The topological polar surface area (TPSA) is 43.1 Å². The molecule has 0 aliphatic carbocycles. The van der Waals surface area contributed by atoms with E-state index in [-0.39, 0.29) is 5.56 Å². The summed E-state index contributed by atoms with van der Waals surface area (Å²) in [5.41, 5.74) is 7.11. The van der Waals surface area contributed by atoms with Crippen molar-refractivity contribution in [3.8, 4) is 0 Å². The maximum Gasteiger partial charge on any atom is 0.196 e. The fourth-order valence-corrected chi connectivity index (χ4v) is 1.96. The van der Waals surface area contributed by atoms with Gasteiger partial charge in [0.15, 0.2) is 17.4 Å². The summed E-state index contributed by atoms with van der Waals surface area (Å²) in [6.45, 7) is 3.44. The van der Waals surface area contributed by atoms with Gasteiger partial charge in [0.25, 0.3) is 0 Å². The Morgan fingerprint density at radius 2 is 1.45 bits per heavy atom. The molecular weight excluding hydrogens is 267 g/mol. The van der Waals surface area contributed by atoms with Gasteiger partial charge < -0.3 is 5.73 Å². The van der Waals surface area contributed by atoms with Gasteiger partial charge in [-0.15, -0.1) is 0 Å². The molecule has 0 atom stereocenters. The first kappa shape index (κ1) is 14.1. The van der Waals surface area contributed by atoms with E-state index < -0.39 is 28.8 Å². The number of carbonyl (C=O) groups excluding carboxylic acids is 1. The largest absolute Gasteiger partial charge is 0.398 e. The second-order valence-electron chi connectivity index (χ2n) is 4.60. The fourth-order valence-electron chi connectivity index (χ4n) is 1.96. The van der Waals surface area contributed by atoms with Gasteiger partial charge in [-0.3, -0.25) is 4.79 Å². The normalized spacial score (nSPS) is 10.7. The predicted molar refractivity (Wildman–Crippen MR) is 70.1 cm³/mol. The van der Waals surface area contributed by atoms with Crippen molar-refractivity contribution in [2.45, 2.75) is 13.8 Å². The molecule has 2 nitrogen and oxygen atoms in total. The number of ketones is 1. The van der Waals surface area contributed by atoms with Crippen LogP contribution in [0.3, 0.4) is 0 Å². The van der Waals surface area contributed by atoms with Crippen LogP contribution in [0.25, 0.3) is 0 Å². The molecule has 0 amide bonds.